The second-order valence-electron chi connectivity index (χ2n) is 10.2. The average Bonchev–Trinajstić information content (AvgIpc) is 3.44. The van der Waals surface area contributed by atoms with Gasteiger partial charge in [-0.2, -0.15) is 4.98 Å². The third-order valence-corrected chi connectivity index (χ3v) is 7.40. The van der Waals surface area contributed by atoms with Gasteiger partial charge in [-0.3, -0.25) is 0 Å². The third kappa shape index (κ3) is 7.15. The highest BCUT2D eigenvalue weighted by molar-refractivity contribution is 5.90. The van der Waals surface area contributed by atoms with Gasteiger partial charge >= 0.3 is 0 Å². The molecule has 7 nitrogen and oxygen atoms in total. The van der Waals surface area contributed by atoms with E-state index in [9.17, 15) is 0 Å². The topological polar surface area (TPSA) is 85.9 Å². The molecule has 0 bridgehead atoms. The molecule has 1 aliphatic carbocycles. The Bertz CT molecular complexity index is 1070. The van der Waals surface area contributed by atoms with E-state index in [-0.39, 0.29) is 0 Å². The summed E-state index contributed by atoms with van der Waals surface area (Å²) >= 11 is 0. The summed E-state index contributed by atoms with van der Waals surface area (Å²) in [5, 5.41) is 18.9. The first-order valence-electron chi connectivity index (χ1n) is 13.8. The molecule has 5 N–H and O–H groups in total. The molecule has 1 saturated carbocycles. The number of fused-ring (bicyclic) bond motifs is 1. The molecular formula is C29H41N7. The van der Waals surface area contributed by atoms with Gasteiger partial charge in [0.2, 0.25) is 5.95 Å². The fraction of sp³-hybridized carbons (Fsp3) is 0.517. The second-order valence-corrected chi connectivity index (χ2v) is 10.2. The van der Waals surface area contributed by atoms with Crippen LogP contribution >= 0.6 is 0 Å². The molecule has 5 rings (SSSR count). The number of rotatable bonds is 12. The molecule has 2 fully saturated rings. The van der Waals surface area contributed by atoms with Crippen LogP contribution in [0.2, 0.25) is 0 Å². The van der Waals surface area contributed by atoms with Gasteiger partial charge < -0.3 is 26.6 Å². The molecule has 1 aliphatic heterocycles. The molecule has 1 saturated heterocycles. The highest BCUT2D eigenvalue weighted by Crippen LogP contribution is 2.24. The van der Waals surface area contributed by atoms with Crippen molar-refractivity contribution in [1.29, 1.82) is 0 Å². The van der Waals surface area contributed by atoms with Crippen molar-refractivity contribution < 1.29 is 0 Å². The van der Waals surface area contributed by atoms with Gasteiger partial charge in [0.05, 0.1) is 5.52 Å². The molecule has 7 heteroatoms. The van der Waals surface area contributed by atoms with E-state index in [1.807, 2.05) is 6.07 Å². The first kappa shape index (κ1) is 24.9. The number of aromatic nitrogens is 2. The molecule has 36 heavy (non-hydrogen) atoms. The van der Waals surface area contributed by atoms with Crippen LogP contribution in [-0.2, 0) is 13.1 Å². The highest BCUT2D eigenvalue weighted by atomic mass is 15.2. The Hall–Kier alpha value is -2.74. The standard InChI is InChI=1S/C29H41N7/c1-2-7-24(6-1)32-17-5-16-31-20-22-10-12-23(13-11-22)21-33-29-35-27-9-4-3-8-26(27)28(36-29)34-25-14-18-30-19-15-25/h3-4,8-13,24-25,30-32H,1-2,5-7,14-21H2,(H2,33,34,35,36). The van der Waals surface area contributed by atoms with Crippen LogP contribution < -0.4 is 26.6 Å². The van der Waals surface area contributed by atoms with Crippen LogP contribution in [-0.4, -0.2) is 48.2 Å². The van der Waals surface area contributed by atoms with Gasteiger partial charge in [0, 0.05) is 30.6 Å². The number of hydrogen-bond donors (Lipinski definition) is 5. The minimum absolute atomic E-state index is 0.446. The van der Waals surface area contributed by atoms with E-state index < -0.39 is 0 Å². The molecule has 2 aromatic carbocycles. The molecule has 0 radical (unpaired) electrons. The Kier molecular flexibility index (Phi) is 9.00. The van der Waals surface area contributed by atoms with Crippen molar-refractivity contribution in [3.8, 4) is 0 Å². The Morgan fingerprint density at radius 1 is 0.778 bits per heavy atom. The molecule has 0 amide bonds. The van der Waals surface area contributed by atoms with Gasteiger partial charge in [-0.05, 0) is 81.5 Å². The van der Waals surface area contributed by atoms with Crippen molar-refractivity contribution in [3.05, 3.63) is 59.7 Å². The van der Waals surface area contributed by atoms with Crippen LogP contribution in [0.5, 0.6) is 0 Å². The predicted molar refractivity (Wildman–Crippen MR) is 149 cm³/mol. The van der Waals surface area contributed by atoms with Crippen molar-refractivity contribution in [1.82, 2.24) is 25.9 Å². The molecule has 0 atom stereocenters. The van der Waals surface area contributed by atoms with Gasteiger partial charge in [-0.1, -0.05) is 49.2 Å². The quantitative estimate of drug-likeness (QED) is 0.242. The van der Waals surface area contributed by atoms with E-state index in [1.54, 1.807) is 0 Å². The van der Waals surface area contributed by atoms with Crippen LogP contribution in [0.3, 0.4) is 0 Å². The van der Waals surface area contributed by atoms with Gasteiger partial charge in [0.1, 0.15) is 5.82 Å². The summed E-state index contributed by atoms with van der Waals surface area (Å²) in [5.74, 6) is 1.59. The van der Waals surface area contributed by atoms with Crippen LogP contribution in [0.1, 0.15) is 56.1 Å². The second kappa shape index (κ2) is 13.0. The maximum Gasteiger partial charge on any atom is 0.225 e. The van der Waals surface area contributed by atoms with E-state index in [0.717, 1.165) is 68.3 Å². The summed E-state index contributed by atoms with van der Waals surface area (Å²) < 4.78 is 0. The number of nitrogens with zero attached hydrogens (tertiary/aromatic N) is 2. The molecule has 192 valence electrons. The lowest BCUT2D eigenvalue weighted by Crippen LogP contribution is -2.35. The van der Waals surface area contributed by atoms with Crippen LogP contribution in [0.4, 0.5) is 11.8 Å². The van der Waals surface area contributed by atoms with E-state index in [2.05, 4.69) is 69.0 Å². The molecular weight excluding hydrogens is 446 g/mol. The summed E-state index contributed by atoms with van der Waals surface area (Å²) in [4.78, 5) is 9.61. The Morgan fingerprint density at radius 3 is 2.33 bits per heavy atom. The number of piperidine rings is 1. The van der Waals surface area contributed by atoms with Crippen LogP contribution in [0.25, 0.3) is 10.9 Å². The monoisotopic (exact) mass is 487 g/mol. The molecule has 1 aromatic heterocycles. The zero-order chi connectivity index (χ0) is 24.4. The van der Waals surface area contributed by atoms with Crippen LogP contribution in [0, 0.1) is 0 Å². The fourth-order valence-electron chi connectivity index (χ4n) is 5.26. The zero-order valence-electron chi connectivity index (χ0n) is 21.4. The third-order valence-electron chi connectivity index (χ3n) is 7.40. The van der Waals surface area contributed by atoms with Crippen LogP contribution in [0.15, 0.2) is 48.5 Å². The first-order valence-corrected chi connectivity index (χ1v) is 13.8. The largest absolute Gasteiger partial charge is 0.367 e. The SMILES string of the molecule is c1ccc2c(NC3CCNCC3)nc(NCc3ccc(CNCCCNC4CCCC4)cc3)nc2c1. The summed E-state index contributed by atoms with van der Waals surface area (Å²) in [6.07, 6.45) is 8.91. The summed E-state index contributed by atoms with van der Waals surface area (Å²) in [5.41, 5.74) is 3.51. The van der Waals surface area contributed by atoms with Gasteiger partial charge in [0.25, 0.3) is 0 Å². The lowest BCUT2D eigenvalue weighted by Gasteiger charge is -2.25. The van der Waals surface area contributed by atoms with Crippen molar-refractivity contribution >= 4 is 22.7 Å². The van der Waals surface area contributed by atoms with Gasteiger partial charge in [-0.15, -0.1) is 0 Å². The van der Waals surface area contributed by atoms with E-state index >= 15 is 0 Å². The van der Waals surface area contributed by atoms with Crippen molar-refractivity contribution in [3.63, 3.8) is 0 Å². The number of para-hydroxylation sites is 1. The summed E-state index contributed by atoms with van der Waals surface area (Å²) in [6, 6.07) is 18.3. The number of anilines is 2. The molecule has 3 aromatic rings. The molecule has 0 spiro atoms. The molecule has 2 heterocycles. The Labute approximate surface area is 215 Å². The average molecular weight is 488 g/mol. The van der Waals surface area contributed by atoms with Crippen molar-refractivity contribution in [2.45, 2.75) is 70.1 Å². The molecule has 0 unspecified atom stereocenters. The predicted octanol–water partition coefficient (Wildman–Crippen LogP) is 4.42. The van der Waals surface area contributed by atoms with E-state index in [1.165, 1.54) is 43.2 Å². The van der Waals surface area contributed by atoms with E-state index in [0.29, 0.717) is 18.5 Å². The minimum atomic E-state index is 0.446. The smallest absolute Gasteiger partial charge is 0.225 e. The number of hydrogen-bond acceptors (Lipinski definition) is 7. The number of nitrogens with one attached hydrogen (secondary N) is 5. The molecule has 2 aliphatic rings. The maximum atomic E-state index is 4.85. The van der Waals surface area contributed by atoms with Gasteiger partial charge in [-0.25, -0.2) is 4.98 Å². The Balaban J connectivity index is 1.10. The number of benzene rings is 2. The fourth-order valence-corrected chi connectivity index (χ4v) is 5.26. The lowest BCUT2D eigenvalue weighted by molar-refractivity contribution is 0.478. The Morgan fingerprint density at radius 2 is 1.53 bits per heavy atom. The highest BCUT2D eigenvalue weighted by Gasteiger charge is 2.16. The van der Waals surface area contributed by atoms with Crippen molar-refractivity contribution in [2.24, 2.45) is 0 Å². The zero-order valence-corrected chi connectivity index (χ0v) is 21.4. The minimum Gasteiger partial charge on any atom is -0.367 e. The van der Waals surface area contributed by atoms with Crippen molar-refractivity contribution in [2.75, 3.05) is 36.8 Å². The van der Waals surface area contributed by atoms with Gasteiger partial charge in [0.15, 0.2) is 0 Å². The normalized spacial score (nSPS) is 17.0. The summed E-state index contributed by atoms with van der Waals surface area (Å²) in [7, 11) is 0. The lowest BCUT2D eigenvalue weighted by atomic mass is 10.1. The first-order chi connectivity index (χ1) is 17.8. The summed E-state index contributed by atoms with van der Waals surface area (Å²) in [6.45, 7) is 5.89. The van der Waals surface area contributed by atoms with E-state index in [4.69, 9.17) is 9.97 Å². The maximum absolute atomic E-state index is 4.85.